The molecule has 1 aliphatic rings. The second kappa shape index (κ2) is 7.95. The van der Waals surface area contributed by atoms with Crippen molar-refractivity contribution in [3.63, 3.8) is 0 Å². The van der Waals surface area contributed by atoms with Crippen LogP contribution in [-0.4, -0.2) is 43.8 Å². The normalized spacial score (nSPS) is 17.4. The minimum atomic E-state index is -3.57. The fourth-order valence-electron chi connectivity index (χ4n) is 2.95. The Morgan fingerprint density at radius 1 is 0.920 bits per heavy atom. The van der Waals surface area contributed by atoms with Crippen molar-refractivity contribution < 1.29 is 12.8 Å². The van der Waals surface area contributed by atoms with Gasteiger partial charge in [0.1, 0.15) is 5.82 Å². The fourth-order valence-corrected chi connectivity index (χ4v) is 4.68. The molecule has 0 spiro atoms. The monoisotopic (exact) mass is 426 g/mol. The smallest absolute Gasteiger partial charge is 0.243 e. The lowest BCUT2D eigenvalue weighted by atomic mass is 10.2. The minimum Gasteiger partial charge on any atom is -0.298 e. The maximum atomic E-state index is 13.0. The Bertz CT molecular complexity index is 810. The summed E-state index contributed by atoms with van der Waals surface area (Å²) >= 11 is 3.43. The number of hydrogen-bond donors (Lipinski definition) is 0. The summed E-state index contributed by atoms with van der Waals surface area (Å²) in [6, 6.07) is 13.2. The standard InChI is InChI=1S/C18H20BrFN2O2S/c19-16-4-2-15(3-5-16)14-21-10-1-11-22(13-12-21)25(23,24)18-8-6-17(20)7-9-18/h2-9H,1,10-14H2. The first kappa shape index (κ1) is 18.5. The number of hydrogen-bond acceptors (Lipinski definition) is 3. The Kier molecular flexibility index (Phi) is 5.89. The maximum absolute atomic E-state index is 13.0. The molecule has 0 aromatic heterocycles. The van der Waals surface area contributed by atoms with E-state index in [1.165, 1.54) is 34.1 Å². The Morgan fingerprint density at radius 3 is 2.28 bits per heavy atom. The minimum absolute atomic E-state index is 0.148. The van der Waals surface area contributed by atoms with Gasteiger partial charge in [0.15, 0.2) is 0 Å². The van der Waals surface area contributed by atoms with Crippen molar-refractivity contribution in [3.8, 4) is 0 Å². The van der Waals surface area contributed by atoms with Gasteiger partial charge in [-0.05, 0) is 54.9 Å². The third-order valence-electron chi connectivity index (χ3n) is 4.32. The van der Waals surface area contributed by atoms with Gasteiger partial charge in [-0.15, -0.1) is 0 Å². The van der Waals surface area contributed by atoms with Crippen LogP contribution in [0.2, 0.25) is 0 Å². The quantitative estimate of drug-likeness (QED) is 0.750. The second-order valence-corrected chi connectivity index (χ2v) is 8.97. The fraction of sp³-hybridized carbons (Fsp3) is 0.333. The molecule has 0 amide bonds. The molecule has 0 unspecified atom stereocenters. The van der Waals surface area contributed by atoms with E-state index in [-0.39, 0.29) is 4.90 Å². The summed E-state index contributed by atoms with van der Waals surface area (Å²) in [5, 5.41) is 0. The zero-order valence-corrected chi connectivity index (χ0v) is 16.1. The summed E-state index contributed by atoms with van der Waals surface area (Å²) < 4.78 is 41.1. The van der Waals surface area contributed by atoms with Crippen molar-refractivity contribution in [1.29, 1.82) is 0 Å². The first-order valence-electron chi connectivity index (χ1n) is 8.18. The number of benzene rings is 2. The Labute approximate surface area is 156 Å². The van der Waals surface area contributed by atoms with Gasteiger partial charge in [-0.1, -0.05) is 28.1 Å². The van der Waals surface area contributed by atoms with Crippen LogP contribution in [0.15, 0.2) is 57.9 Å². The summed E-state index contributed by atoms with van der Waals surface area (Å²) in [5.74, 6) is -0.435. The predicted molar refractivity (Wildman–Crippen MR) is 99.2 cm³/mol. The van der Waals surface area contributed by atoms with Crippen LogP contribution in [0.1, 0.15) is 12.0 Å². The maximum Gasteiger partial charge on any atom is 0.243 e. The van der Waals surface area contributed by atoms with Crippen molar-refractivity contribution >= 4 is 26.0 Å². The molecule has 0 atom stereocenters. The topological polar surface area (TPSA) is 40.6 Å². The average molecular weight is 427 g/mol. The van der Waals surface area contributed by atoms with E-state index in [2.05, 4.69) is 33.0 Å². The molecular formula is C18H20BrFN2O2S. The van der Waals surface area contributed by atoms with Crippen LogP contribution < -0.4 is 0 Å². The van der Waals surface area contributed by atoms with Crippen LogP contribution in [0.25, 0.3) is 0 Å². The first-order chi connectivity index (χ1) is 11.9. The Balaban J connectivity index is 1.66. The second-order valence-electron chi connectivity index (χ2n) is 6.11. The largest absolute Gasteiger partial charge is 0.298 e. The molecule has 0 radical (unpaired) electrons. The van der Waals surface area contributed by atoms with Crippen LogP contribution in [0.4, 0.5) is 4.39 Å². The van der Waals surface area contributed by atoms with E-state index in [4.69, 9.17) is 0 Å². The van der Waals surface area contributed by atoms with Gasteiger partial charge in [0.25, 0.3) is 0 Å². The molecule has 4 nitrogen and oxygen atoms in total. The van der Waals surface area contributed by atoms with Gasteiger partial charge in [-0.3, -0.25) is 4.90 Å². The van der Waals surface area contributed by atoms with E-state index in [0.29, 0.717) is 19.6 Å². The summed E-state index contributed by atoms with van der Waals surface area (Å²) in [4.78, 5) is 2.42. The third-order valence-corrected chi connectivity index (χ3v) is 6.76. The Hall–Kier alpha value is -1.28. The number of rotatable bonds is 4. The third kappa shape index (κ3) is 4.67. The van der Waals surface area contributed by atoms with Crippen molar-refractivity contribution in [3.05, 3.63) is 64.4 Å². The molecule has 134 valence electrons. The highest BCUT2D eigenvalue weighted by Gasteiger charge is 2.26. The van der Waals surface area contributed by atoms with E-state index in [1.807, 2.05) is 12.1 Å². The summed E-state index contributed by atoms with van der Waals surface area (Å²) in [6.07, 6.45) is 0.775. The van der Waals surface area contributed by atoms with Crippen LogP contribution >= 0.6 is 15.9 Å². The van der Waals surface area contributed by atoms with E-state index in [9.17, 15) is 12.8 Å². The molecular weight excluding hydrogens is 407 g/mol. The molecule has 3 rings (SSSR count). The Morgan fingerprint density at radius 2 is 1.60 bits per heavy atom. The molecule has 1 aliphatic heterocycles. The molecule has 0 saturated carbocycles. The molecule has 1 fully saturated rings. The van der Waals surface area contributed by atoms with E-state index in [1.54, 1.807) is 0 Å². The van der Waals surface area contributed by atoms with Crippen LogP contribution in [0, 0.1) is 5.82 Å². The number of halogens is 2. The highest BCUT2D eigenvalue weighted by Crippen LogP contribution is 2.19. The zero-order chi connectivity index (χ0) is 17.9. The molecule has 0 bridgehead atoms. The van der Waals surface area contributed by atoms with Gasteiger partial charge in [-0.25, -0.2) is 12.8 Å². The lowest BCUT2D eigenvalue weighted by Crippen LogP contribution is -2.35. The molecule has 0 N–H and O–H groups in total. The summed E-state index contributed by atoms with van der Waals surface area (Å²) in [6.45, 7) is 3.26. The van der Waals surface area contributed by atoms with Crippen molar-refractivity contribution in [2.24, 2.45) is 0 Å². The van der Waals surface area contributed by atoms with Gasteiger partial charge in [0, 0.05) is 30.7 Å². The van der Waals surface area contributed by atoms with Gasteiger partial charge in [0.05, 0.1) is 4.90 Å². The average Bonchev–Trinajstić information content (AvgIpc) is 2.83. The van der Waals surface area contributed by atoms with Crippen LogP contribution in [0.3, 0.4) is 0 Å². The van der Waals surface area contributed by atoms with Crippen molar-refractivity contribution in [2.45, 2.75) is 17.9 Å². The molecule has 2 aromatic rings. The number of nitrogens with zero attached hydrogens (tertiary/aromatic N) is 2. The number of sulfonamides is 1. The van der Waals surface area contributed by atoms with E-state index in [0.717, 1.165) is 24.0 Å². The summed E-state index contributed by atoms with van der Waals surface area (Å²) in [5.41, 5.74) is 1.21. The van der Waals surface area contributed by atoms with Gasteiger partial charge in [0.2, 0.25) is 10.0 Å². The molecule has 1 heterocycles. The molecule has 25 heavy (non-hydrogen) atoms. The van der Waals surface area contributed by atoms with Gasteiger partial charge in [-0.2, -0.15) is 4.31 Å². The molecule has 2 aromatic carbocycles. The highest BCUT2D eigenvalue weighted by atomic mass is 79.9. The highest BCUT2D eigenvalue weighted by molar-refractivity contribution is 9.10. The lowest BCUT2D eigenvalue weighted by Gasteiger charge is -2.22. The molecule has 7 heteroatoms. The SMILES string of the molecule is O=S(=O)(c1ccc(F)cc1)N1CCCN(Cc2ccc(Br)cc2)CC1. The van der Waals surface area contributed by atoms with E-state index < -0.39 is 15.8 Å². The van der Waals surface area contributed by atoms with Crippen LogP contribution in [0.5, 0.6) is 0 Å². The lowest BCUT2D eigenvalue weighted by molar-refractivity contribution is 0.278. The van der Waals surface area contributed by atoms with E-state index >= 15 is 0 Å². The first-order valence-corrected chi connectivity index (χ1v) is 10.4. The zero-order valence-electron chi connectivity index (χ0n) is 13.7. The predicted octanol–water partition coefficient (Wildman–Crippen LogP) is 3.48. The molecule has 1 saturated heterocycles. The van der Waals surface area contributed by atoms with Crippen molar-refractivity contribution in [1.82, 2.24) is 9.21 Å². The van der Waals surface area contributed by atoms with Crippen molar-refractivity contribution in [2.75, 3.05) is 26.2 Å². The van der Waals surface area contributed by atoms with Gasteiger partial charge >= 0.3 is 0 Å². The summed E-state index contributed by atoms with van der Waals surface area (Å²) in [7, 11) is -3.57. The van der Waals surface area contributed by atoms with Gasteiger partial charge < -0.3 is 0 Å². The molecule has 0 aliphatic carbocycles. The van der Waals surface area contributed by atoms with Crippen LogP contribution in [-0.2, 0) is 16.6 Å².